The highest BCUT2D eigenvalue weighted by atomic mass is 32.2. The Morgan fingerprint density at radius 2 is 1.07 bits per heavy atom. The summed E-state index contributed by atoms with van der Waals surface area (Å²) in [5.41, 5.74) is 1.000. The molecule has 0 spiro atoms. The zero-order valence-electron chi connectivity index (χ0n) is 13.7. The van der Waals surface area contributed by atoms with Gasteiger partial charge in [-0.1, -0.05) is 42.5 Å². The molecule has 3 nitrogen and oxygen atoms in total. The van der Waals surface area contributed by atoms with E-state index in [2.05, 4.69) is 4.18 Å². The molecule has 0 fully saturated rings. The monoisotopic (exact) mass is 452 g/mol. The quantitative estimate of drug-likeness (QED) is 0.430. The largest absolute Gasteiger partial charge is 0.460 e. The van der Waals surface area contributed by atoms with Crippen LogP contribution in [0.3, 0.4) is 0 Å². The zero-order chi connectivity index (χ0) is 22.3. The Hall–Kier alpha value is -2.44. The lowest BCUT2D eigenvalue weighted by atomic mass is 10.1. The molecule has 2 rings (SSSR count). The molecule has 0 aliphatic rings. The normalized spacial score (nSPS) is 14.0. The van der Waals surface area contributed by atoms with Crippen LogP contribution >= 0.6 is 0 Å². The maximum atomic E-state index is 13.6. The SMILES string of the molecule is O=S(=O)(Oc1ccc(-c2ccccc2)cc1)C(F)(F)C(F)(F)C(F)(F)C(F)(F)F. The molecular formula is C16H9F9O3S. The van der Waals surface area contributed by atoms with Crippen LogP contribution in [0.4, 0.5) is 39.5 Å². The van der Waals surface area contributed by atoms with Crippen LogP contribution in [0.15, 0.2) is 54.6 Å². The van der Waals surface area contributed by atoms with Crippen molar-refractivity contribution < 1.29 is 52.1 Å². The van der Waals surface area contributed by atoms with E-state index in [1.807, 2.05) is 0 Å². The molecule has 160 valence electrons. The predicted octanol–water partition coefficient (Wildman–Crippen LogP) is 5.49. The first-order valence-corrected chi connectivity index (χ1v) is 8.75. The number of halogens is 9. The van der Waals surface area contributed by atoms with Crippen LogP contribution in [0.5, 0.6) is 5.75 Å². The fourth-order valence-corrected chi connectivity index (χ4v) is 2.94. The lowest BCUT2D eigenvalue weighted by molar-refractivity contribution is -0.382. The molecule has 0 bridgehead atoms. The molecule has 0 aromatic heterocycles. The van der Waals surface area contributed by atoms with Crippen molar-refractivity contribution in [3.05, 3.63) is 54.6 Å². The molecule has 0 radical (unpaired) electrons. The highest BCUT2D eigenvalue weighted by Gasteiger charge is 2.86. The molecule has 0 aliphatic heterocycles. The molecule has 0 aliphatic carbocycles. The number of hydrogen-bond donors (Lipinski definition) is 0. The molecule has 2 aromatic carbocycles. The number of rotatable bonds is 6. The Morgan fingerprint density at radius 1 is 0.621 bits per heavy atom. The molecule has 0 saturated heterocycles. The molecule has 2 aromatic rings. The summed E-state index contributed by atoms with van der Waals surface area (Å²) in [6, 6.07) is 11.9. The molecule has 0 saturated carbocycles. The van der Waals surface area contributed by atoms with E-state index >= 15 is 0 Å². The third-order valence-electron chi connectivity index (χ3n) is 3.60. The van der Waals surface area contributed by atoms with Crippen molar-refractivity contribution in [2.45, 2.75) is 23.3 Å². The average molecular weight is 452 g/mol. The number of hydrogen-bond acceptors (Lipinski definition) is 3. The Morgan fingerprint density at radius 3 is 1.52 bits per heavy atom. The van der Waals surface area contributed by atoms with Crippen molar-refractivity contribution in [1.82, 2.24) is 0 Å². The van der Waals surface area contributed by atoms with Gasteiger partial charge in [-0.15, -0.1) is 0 Å². The van der Waals surface area contributed by atoms with E-state index < -0.39 is 39.1 Å². The van der Waals surface area contributed by atoms with E-state index in [4.69, 9.17) is 0 Å². The molecular weight excluding hydrogens is 443 g/mol. The standard InChI is InChI=1S/C16H9F9O3S/c17-13(18,15(21,22)23)14(19,20)16(24,25)29(26,27)28-12-8-6-11(7-9-12)10-4-2-1-3-5-10/h1-9H. The van der Waals surface area contributed by atoms with Crippen molar-refractivity contribution in [1.29, 1.82) is 0 Å². The minimum Gasteiger partial charge on any atom is -0.378 e. The number of alkyl halides is 9. The van der Waals surface area contributed by atoms with Gasteiger partial charge in [0, 0.05) is 0 Å². The molecule has 0 atom stereocenters. The van der Waals surface area contributed by atoms with Gasteiger partial charge in [-0.25, -0.2) is 0 Å². The maximum Gasteiger partial charge on any atom is 0.460 e. The summed E-state index contributed by atoms with van der Waals surface area (Å²) < 4.78 is 142. The minimum atomic E-state index is -7.35. The van der Waals surface area contributed by atoms with E-state index in [0.717, 1.165) is 24.3 Å². The van der Waals surface area contributed by atoms with Crippen LogP contribution in [-0.4, -0.2) is 31.7 Å². The summed E-state index contributed by atoms with van der Waals surface area (Å²) in [4.78, 5) is 0. The molecule has 0 heterocycles. The van der Waals surface area contributed by atoms with Crippen LogP contribution in [0.1, 0.15) is 0 Å². The zero-order valence-corrected chi connectivity index (χ0v) is 14.5. The van der Waals surface area contributed by atoms with Gasteiger partial charge in [0.1, 0.15) is 5.75 Å². The fourth-order valence-electron chi connectivity index (χ4n) is 2.03. The third kappa shape index (κ3) is 3.87. The molecule has 0 unspecified atom stereocenters. The molecule has 29 heavy (non-hydrogen) atoms. The van der Waals surface area contributed by atoms with Crippen molar-refractivity contribution >= 4 is 10.1 Å². The summed E-state index contributed by atoms with van der Waals surface area (Å²) in [5.74, 6) is -15.7. The first-order valence-electron chi connectivity index (χ1n) is 7.34. The van der Waals surface area contributed by atoms with E-state index in [1.165, 1.54) is 0 Å². The second-order valence-electron chi connectivity index (χ2n) is 5.59. The highest BCUT2D eigenvalue weighted by molar-refractivity contribution is 7.88. The fraction of sp³-hybridized carbons (Fsp3) is 0.250. The first kappa shape index (κ1) is 22.8. The molecule has 0 N–H and O–H groups in total. The minimum absolute atomic E-state index is 0.413. The Balaban J connectivity index is 2.34. The second-order valence-corrected chi connectivity index (χ2v) is 7.18. The van der Waals surface area contributed by atoms with Gasteiger partial charge in [-0.2, -0.15) is 47.9 Å². The summed E-state index contributed by atoms with van der Waals surface area (Å²) in [5, 5.41) is -6.91. The van der Waals surface area contributed by atoms with Crippen molar-refractivity contribution in [2.75, 3.05) is 0 Å². The van der Waals surface area contributed by atoms with Crippen LogP contribution in [-0.2, 0) is 10.1 Å². The van der Waals surface area contributed by atoms with Gasteiger partial charge in [-0.3, -0.25) is 0 Å². The number of benzene rings is 2. The average Bonchev–Trinajstić information content (AvgIpc) is 2.61. The Labute approximate surface area is 157 Å². The molecule has 13 heteroatoms. The summed E-state index contributed by atoms with van der Waals surface area (Å²) >= 11 is 0. The first-order chi connectivity index (χ1) is 13.0. The Kier molecular flexibility index (Phi) is 5.60. The Bertz CT molecular complexity index is 953. The predicted molar refractivity (Wildman–Crippen MR) is 82.3 cm³/mol. The van der Waals surface area contributed by atoms with Gasteiger partial charge in [-0.05, 0) is 23.3 Å². The highest BCUT2D eigenvalue weighted by Crippen LogP contribution is 2.54. The van der Waals surface area contributed by atoms with Crippen molar-refractivity contribution in [2.24, 2.45) is 0 Å². The van der Waals surface area contributed by atoms with Gasteiger partial charge < -0.3 is 4.18 Å². The van der Waals surface area contributed by atoms with Crippen LogP contribution in [0.2, 0.25) is 0 Å². The maximum absolute atomic E-state index is 13.6. The van der Waals surface area contributed by atoms with E-state index in [0.29, 0.717) is 11.1 Å². The van der Waals surface area contributed by atoms with Crippen molar-refractivity contribution in [3.8, 4) is 16.9 Å². The van der Waals surface area contributed by atoms with Gasteiger partial charge in [0.2, 0.25) is 0 Å². The van der Waals surface area contributed by atoms with Gasteiger partial charge in [0.15, 0.2) is 0 Å². The summed E-state index contributed by atoms with van der Waals surface area (Å²) in [7, 11) is -6.95. The third-order valence-corrected chi connectivity index (χ3v) is 4.89. The van der Waals surface area contributed by atoms with Gasteiger partial charge in [0.25, 0.3) is 0 Å². The van der Waals surface area contributed by atoms with Crippen LogP contribution < -0.4 is 4.18 Å². The van der Waals surface area contributed by atoms with Crippen LogP contribution in [0.25, 0.3) is 11.1 Å². The lowest BCUT2D eigenvalue weighted by Gasteiger charge is -2.32. The van der Waals surface area contributed by atoms with E-state index in [9.17, 15) is 47.9 Å². The van der Waals surface area contributed by atoms with Gasteiger partial charge in [0.05, 0.1) is 0 Å². The smallest absolute Gasteiger partial charge is 0.378 e. The van der Waals surface area contributed by atoms with E-state index in [-0.39, 0.29) is 0 Å². The topological polar surface area (TPSA) is 43.4 Å². The summed E-state index contributed by atoms with van der Waals surface area (Å²) in [6.07, 6.45) is -7.15. The van der Waals surface area contributed by atoms with E-state index in [1.54, 1.807) is 30.3 Å². The lowest BCUT2D eigenvalue weighted by Crippen LogP contribution is -2.63. The van der Waals surface area contributed by atoms with Crippen LogP contribution in [0, 0.1) is 0 Å². The van der Waals surface area contributed by atoms with Gasteiger partial charge >= 0.3 is 33.4 Å². The summed E-state index contributed by atoms with van der Waals surface area (Å²) in [6.45, 7) is 0. The molecule has 0 amide bonds. The second kappa shape index (κ2) is 7.11. The van der Waals surface area contributed by atoms with Crippen molar-refractivity contribution in [3.63, 3.8) is 0 Å².